The third-order valence-corrected chi connectivity index (χ3v) is 2.76. The Bertz CT molecular complexity index is 644. The first-order valence-electron chi connectivity index (χ1n) is 5.32. The summed E-state index contributed by atoms with van der Waals surface area (Å²) in [6.07, 6.45) is 2.61. The quantitative estimate of drug-likeness (QED) is 0.829. The number of ether oxygens (including phenoxy) is 1. The van der Waals surface area contributed by atoms with Crippen LogP contribution in [0.2, 0.25) is 0 Å². The van der Waals surface area contributed by atoms with E-state index in [2.05, 4.69) is 10.3 Å². The predicted molar refractivity (Wildman–Crippen MR) is 66.5 cm³/mol. The molecule has 2 aromatic rings. The van der Waals surface area contributed by atoms with Crippen molar-refractivity contribution >= 4 is 23.1 Å². The summed E-state index contributed by atoms with van der Waals surface area (Å²) in [7, 11) is 3.34. The Balaban J connectivity index is 2.70. The van der Waals surface area contributed by atoms with Crippen molar-refractivity contribution < 1.29 is 14.6 Å². The van der Waals surface area contributed by atoms with Gasteiger partial charge in [-0.3, -0.25) is 0 Å². The molecule has 6 heteroatoms. The first-order chi connectivity index (χ1) is 8.54. The summed E-state index contributed by atoms with van der Waals surface area (Å²) in [4.78, 5) is 10.6. The van der Waals surface area contributed by atoms with E-state index in [0.717, 1.165) is 22.7 Å². The fourth-order valence-electron chi connectivity index (χ4n) is 1.83. The van der Waals surface area contributed by atoms with Crippen LogP contribution in [0.15, 0.2) is 12.1 Å². The van der Waals surface area contributed by atoms with Crippen molar-refractivity contribution in [2.24, 2.45) is 7.05 Å². The minimum atomic E-state index is -0.993. The van der Waals surface area contributed by atoms with Crippen LogP contribution in [0.3, 0.4) is 0 Å². The molecule has 1 aromatic heterocycles. The van der Waals surface area contributed by atoms with Crippen molar-refractivity contribution in [2.45, 2.75) is 6.92 Å². The normalized spacial score (nSPS) is 11.3. The molecule has 0 radical (unpaired) electrons. The van der Waals surface area contributed by atoms with Gasteiger partial charge in [0.2, 0.25) is 0 Å². The van der Waals surface area contributed by atoms with E-state index < -0.39 is 5.97 Å². The minimum Gasteiger partial charge on any atom is -0.494 e. The number of methoxy groups -OCH3 is 1. The standard InChI is InChI=1S/C12H13N3O3/c1-7-8(4-5-10(16)17)6-9(18-3)12-11(7)13-14-15(12)2/h4-6H,1-3H3,(H,16,17)/b5-4+. The third kappa shape index (κ3) is 1.92. The van der Waals surface area contributed by atoms with Gasteiger partial charge < -0.3 is 9.84 Å². The number of aryl methyl sites for hydroxylation is 2. The SMILES string of the molecule is COc1cc(/C=C/C(=O)O)c(C)c2nnn(C)c12. The van der Waals surface area contributed by atoms with Crippen molar-refractivity contribution in [3.05, 3.63) is 23.3 Å². The number of aromatic nitrogens is 3. The molecule has 2 rings (SSSR count). The van der Waals surface area contributed by atoms with Gasteiger partial charge in [0.15, 0.2) is 0 Å². The molecule has 6 nitrogen and oxygen atoms in total. The Labute approximate surface area is 103 Å². The number of aliphatic carboxylic acids is 1. The number of nitrogens with zero attached hydrogens (tertiary/aromatic N) is 3. The van der Waals surface area contributed by atoms with Crippen molar-refractivity contribution in [3.8, 4) is 5.75 Å². The van der Waals surface area contributed by atoms with Crippen LogP contribution in [0.25, 0.3) is 17.1 Å². The van der Waals surface area contributed by atoms with E-state index in [4.69, 9.17) is 9.84 Å². The van der Waals surface area contributed by atoms with Crippen LogP contribution in [-0.4, -0.2) is 33.2 Å². The molecule has 0 atom stereocenters. The topological polar surface area (TPSA) is 77.2 Å². The molecule has 0 spiro atoms. The Morgan fingerprint density at radius 3 is 2.89 bits per heavy atom. The van der Waals surface area contributed by atoms with Crippen molar-refractivity contribution in [3.63, 3.8) is 0 Å². The number of hydrogen-bond donors (Lipinski definition) is 1. The van der Waals surface area contributed by atoms with Gasteiger partial charge in [-0.1, -0.05) is 5.21 Å². The number of carbonyl (C=O) groups is 1. The lowest BCUT2D eigenvalue weighted by molar-refractivity contribution is -0.131. The summed E-state index contributed by atoms with van der Waals surface area (Å²) in [5.41, 5.74) is 3.13. The molecule has 0 fully saturated rings. The smallest absolute Gasteiger partial charge is 0.328 e. The first kappa shape index (κ1) is 12.1. The Kier molecular flexibility index (Phi) is 3.01. The van der Waals surface area contributed by atoms with Gasteiger partial charge in [-0.05, 0) is 30.2 Å². The number of carboxylic acids is 1. The molecule has 0 aliphatic carbocycles. The van der Waals surface area contributed by atoms with E-state index in [-0.39, 0.29) is 0 Å². The maximum absolute atomic E-state index is 10.6. The summed E-state index contributed by atoms with van der Waals surface area (Å²) in [5.74, 6) is -0.374. The summed E-state index contributed by atoms with van der Waals surface area (Å²) >= 11 is 0. The minimum absolute atomic E-state index is 0.619. The molecule has 0 aliphatic heterocycles. The van der Waals surface area contributed by atoms with Gasteiger partial charge in [0.25, 0.3) is 0 Å². The van der Waals surface area contributed by atoms with Gasteiger partial charge in [-0.15, -0.1) is 5.10 Å². The van der Waals surface area contributed by atoms with Crippen molar-refractivity contribution in [2.75, 3.05) is 7.11 Å². The molecule has 0 unspecified atom stereocenters. The predicted octanol–water partition coefficient (Wildman–Crippen LogP) is 1.38. The maximum atomic E-state index is 10.6. The monoisotopic (exact) mass is 247 g/mol. The van der Waals surface area contributed by atoms with Crippen LogP contribution in [0.5, 0.6) is 5.75 Å². The Hall–Kier alpha value is -2.37. The second-order valence-electron chi connectivity index (χ2n) is 3.87. The molecule has 94 valence electrons. The summed E-state index contributed by atoms with van der Waals surface area (Å²) < 4.78 is 6.92. The zero-order valence-corrected chi connectivity index (χ0v) is 10.3. The average Bonchev–Trinajstić information content (AvgIpc) is 2.71. The lowest BCUT2D eigenvalue weighted by Gasteiger charge is -2.07. The van der Waals surface area contributed by atoms with E-state index >= 15 is 0 Å². The maximum Gasteiger partial charge on any atom is 0.328 e. The van der Waals surface area contributed by atoms with Crippen LogP contribution < -0.4 is 4.74 Å². The van der Waals surface area contributed by atoms with Crippen LogP contribution in [0.4, 0.5) is 0 Å². The van der Waals surface area contributed by atoms with E-state index in [9.17, 15) is 4.79 Å². The largest absolute Gasteiger partial charge is 0.494 e. The Morgan fingerprint density at radius 2 is 2.28 bits per heavy atom. The molecule has 0 saturated carbocycles. The number of fused-ring (bicyclic) bond motifs is 1. The van der Waals surface area contributed by atoms with Crippen LogP contribution in [0.1, 0.15) is 11.1 Å². The molecular weight excluding hydrogens is 234 g/mol. The molecule has 18 heavy (non-hydrogen) atoms. The lowest BCUT2D eigenvalue weighted by Crippen LogP contribution is -1.95. The highest BCUT2D eigenvalue weighted by Gasteiger charge is 2.13. The summed E-state index contributed by atoms with van der Waals surface area (Å²) in [5, 5.41) is 16.7. The van der Waals surface area contributed by atoms with E-state index in [1.165, 1.54) is 6.08 Å². The number of rotatable bonds is 3. The highest BCUT2D eigenvalue weighted by Crippen LogP contribution is 2.29. The Morgan fingerprint density at radius 1 is 1.56 bits per heavy atom. The van der Waals surface area contributed by atoms with Gasteiger partial charge in [0.05, 0.1) is 7.11 Å². The fourth-order valence-corrected chi connectivity index (χ4v) is 1.83. The van der Waals surface area contributed by atoms with Crippen LogP contribution >= 0.6 is 0 Å². The molecule has 1 heterocycles. The van der Waals surface area contributed by atoms with E-state index in [0.29, 0.717) is 11.3 Å². The van der Waals surface area contributed by atoms with Gasteiger partial charge in [-0.2, -0.15) is 0 Å². The highest BCUT2D eigenvalue weighted by atomic mass is 16.5. The van der Waals surface area contributed by atoms with Gasteiger partial charge >= 0.3 is 5.97 Å². The molecule has 0 aliphatic rings. The fraction of sp³-hybridized carbons (Fsp3) is 0.250. The zero-order chi connectivity index (χ0) is 13.3. The lowest BCUT2D eigenvalue weighted by atomic mass is 10.1. The van der Waals surface area contributed by atoms with Crippen LogP contribution in [-0.2, 0) is 11.8 Å². The second kappa shape index (κ2) is 4.48. The molecule has 0 saturated heterocycles. The summed E-state index contributed by atoms with van der Waals surface area (Å²) in [6, 6.07) is 1.78. The van der Waals surface area contributed by atoms with Gasteiger partial charge in [0.1, 0.15) is 16.8 Å². The first-order valence-corrected chi connectivity index (χ1v) is 5.32. The highest BCUT2D eigenvalue weighted by molar-refractivity contribution is 5.91. The number of benzene rings is 1. The van der Waals surface area contributed by atoms with E-state index in [1.807, 2.05) is 6.92 Å². The molecule has 0 amide bonds. The van der Waals surface area contributed by atoms with Crippen molar-refractivity contribution in [1.82, 2.24) is 15.0 Å². The van der Waals surface area contributed by atoms with Gasteiger partial charge in [0, 0.05) is 13.1 Å². The molecular formula is C12H13N3O3. The molecule has 0 bridgehead atoms. The molecule has 1 N–H and O–H groups in total. The second-order valence-corrected chi connectivity index (χ2v) is 3.87. The number of hydrogen-bond acceptors (Lipinski definition) is 4. The van der Waals surface area contributed by atoms with Crippen LogP contribution in [0, 0.1) is 6.92 Å². The number of carboxylic acid groups (broad SMARTS) is 1. The summed E-state index contributed by atoms with van der Waals surface area (Å²) in [6.45, 7) is 1.87. The average molecular weight is 247 g/mol. The van der Waals surface area contributed by atoms with Gasteiger partial charge in [-0.25, -0.2) is 9.48 Å². The van der Waals surface area contributed by atoms with Crippen molar-refractivity contribution in [1.29, 1.82) is 0 Å². The zero-order valence-electron chi connectivity index (χ0n) is 10.3. The molecule has 1 aromatic carbocycles. The third-order valence-electron chi connectivity index (χ3n) is 2.76. The van der Waals surface area contributed by atoms with E-state index in [1.54, 1.807) is 24.9 Å².